The van der Waals surface area contributed by atoms with Crippen molar-refractivity contribution in [2.75, 3.05) is 13.1 Å². The van der Waals surface area contributed by atoms with Gasteiger partial charge in [-0.3, -0.25) is 9.48 Å². The normalized spacial score (nSPS) is 19.7. The van der Waals surface area contributed by atoms with Crippen LogP contribution < -0.4 is 0 Å². The fraction of sp³-hybridized carbons (Fsp3) is 0.429. The van der Waals surface area contributed by atoms with Gasteiger partial charge in [0, 0.05) is 43.5 Å². The van der Waals surface area contributed by atoms with E-state index in [1.165, 1.54) is 0 Å². The Balaban J connectivity index is 1.24. The van der Waals surface area contributed by atoms with Crippen LogP contribution in [0.5, 0.6) is 0 Å². The molecule has 1 aromatic carbocycles. The summed E-state index contributed by atoms with van der Waals surface area (Å²) in [5.41, 5.74) is 2.92. The summed E-state index contributed by atoms with van der Waals surface area (Å²) < 4.78 is 3.75. The second-order valence-electron chi connectivity index (χ2n) is 7.89. The fourth-order valence-corrected chi connectivity index (χ4v) is 3.99. The summed E-state index contributed by atoms with van der Waals surface area (Å²) in [6.07, 6.45) is 10.1. The van der Waals surface area contributed by atoms with Crippen molar-refractivity contribution < 1.29 is 4.79 Å². The molecule has 1 aliphatic heterocycles. The third-order valence-electron chi connectivity index (χ3n) is 5.67. The molecule has 1 atom stereocenters. The van der Waals surface area contributed by atoms with Crippen molar-refractivity contribution in [1.82, 2.24) is 29.7 Å². The van der Waals surface area contributed by atoms with Crippen LogP contribution in [0.1, 0.15) is 25.7 Å². The van der Waals surface area contributed by atoms with Crippen molar-refractivity contribution in [3.8, 4) is 16.9 Å². The third-order valence-corrected chi connectivity index (χ3v) is 5.67. The van der Waals surface area contributed by atoms with E-state index in [4.69, 9.17) is 0 Å². The molecule has 28 heavy (non-hydrogen) atoms. The first kappa shape index (κ1) is 17.2. The number of hydrogen-bond acceptors (Lipinski definition) is 4. The van der Waals surface area contributed by atoms with Gasteiger partial charge in [0.15, 0.2) is 0 Å². The molecule has 7 nitrogen and oxygen atoms in total. The Bertz CT molecular complexity index is 942. The molecule has 3 heterocycles. The lowest BCUT2D eigenvalue weighted by Crippen LogP contribution is -2.41. The van der Waals surface area contributed by atoms with E-state index in [1.807, 2.05) is 52.1 Å². The highest BCUT2D eigenvalue weighted by Crippen LogP contribution is 2.32. The number of nitrogens with zero attached hydrogens (tertiary/aromatic N) is 6. The molecule has 0 radical (unpaired) electrons. The quantitative estimate of drug-likeness (QED) is 0.687. The van der Waals surface area contributed by atoms with Crippen LogP contribution in [0.4, 0.5) is 0 Å². The summed E-state index contributed by atoms with van der Waals surface area (Å²) in [5, 5.41) is 12.9. The van der Waals surface area contributed by atoms with E-state index in [-0.39, 0.29) is 0 Å². The molecule has 3 aromatic rings. The van der Waals surface area contributed by atoms with Gasteiger partial charge < -0.3 is 4.90 Å². The van der Waals surface area contributed by atoms with E-state index >= 15 is 0 Å². The van der Waals surface area contributed by atoms with Crippen molar-refractivity contribution in [1.29, 1.82) is 0 Å². The summed E-state index contributed by atoms with van der Waals surface area (Å²) in [6, 6.07) is 10.1. The first-order valence-electron chi connectivity index (χ1n) is 10.1. The number of carbonyl (C=O) groups excluding carboxylic acids is 1. The van der Waals surface area contributed by atoms with Gasteiger partial charge in [-0.2, -0.15) is 5.10 Å². The van der Waals surface area contributed by atoms with Crippen LogP contribution in [-0.4, -0.2) is 48.7 Å². The van der Waals surface area contributed by atoms with Crippen molar-refractivity contribution in [3.05, 3.63) is 48.9 Å². The molecule has 0 bridgehead atoms. The lowest BCUT2D eigenvalue weighted by atomic mass is 9.97. The Kier molecular flexibility index (Phi) is 4.43. The zero-order valence-electron chi connectivity index (χ0n) is 15.8. The molecule has 7 heteroatoms. The molecule has 1 saturated carbocycles. The Morgan fingerprint density at radius 1 is 1.14 bits per heavy atom. The summed E-state index contributed by atoms with van der Waals surface area (Å²) in [4.78, 5) is 14.4. The summed E-state index contributed by atoms with van der Waals surface area (Å²) >= 11 is 0. The SMILES string of the molecule is O=C(C1CC1)N1CCC[C@@H](Cn2cc(-c3ccc(-n4cccn4)cc3)nn2)C1. The lowest BCUT2D eigenvalue weighted by molar-refractivity contribution is -0.134. The number of hydrogen-bond donors (Lipinski definition) is 0. The molecule has 2 fully saturated rings. The Hall–Kier alpha value is -2.96. The van der Waals surface area contributed by atoms with E-state index in [0.717, 1.165) is 62.3 Å². The van der Waals surface area contributed by atoms with Gasteiger partial charge in [-0.05, 0) is 49.8 Å². The van der Waals surface area contributed by atoms with Gasteiger partial charge in [0.25, 0.3) is 0 Å². The van der Waals surface area contributed by atoms with Crippen LogP contribution in [0.2, 0.25) is 0 Å². The maximum atomic E-state index is 12.3. The van der Waals surface area contributed by atoms with Crippen molar-refractivity contribution in [3.63, 3.8) is 0 Å². The summed E-state index contributed by atoms with van der Waals surface area (Å²) in [5.74, 6) is 1.12. The highest BCUT2D eigenvalue weighted by Gasteiger charge is 2.35. The molecule has 1 saturated heterocycles. The average Bonchev–Trinajstić information content (AvgIpc) is 3.23. The molecule has 0 N–H and O–H groups in total. The van der Waals surface area contributed by atoms with Crippen LogP contribution in [0, 0.1) is 11.8 Å². The van der Waals surface area contributed by atoms with Gasteiger partial charge in [-0.15, -0.1) is 5.10 Å². The third kappa shape index (κ3) is 3.56. The number of likely N-dealkylation sites (tertiary alicyclic amines) is 1. The largest absolute Gasteiger partial charge is 0.342 e. The summed E-state index contributed by atoms with van der Waals surface area (Å²) in [6.45, 7) is 2.58. The Labute approximate surface area is 164 Å². The first-order chi connectivity index (χ1) is 13.8. The van der Waals surface area contributed by atoms with Crippen LogP contribution in [0.25, 0.3) is 16.9 Å². The predicted octanol–water partition coefficient (Wildman–Crippen LogP) is 2.78. The molecular weight excluding hydrogens is 352 g/mol. The number of aromatic nitrogens is 5. The standard InChI is InChI=1S/C21H24N6O/c28-21(18-4-5-18)25-11-1-3-16(13-25)14-26-15-20(23-24-26)17-6-8-19(9-7-17)27-12-2-10-22-27/h2,6-10,12,15-16,18H,1,3-5,11,13-14H2/t16-/m1/s1. The second-order valence-corrected chi connectivity index (χ2v) is 7.89. The highest BCUT2D eigenvalue weighted by atomic mass is 16.2. The number of piperidine rings is 1. The molecule has 1 aliphatic carbocycles. The fourth-order valence-electron chi connectivity index (χ4n) is 3.99. The molecule has 2 aromatic heterocycles. The van der Waals surface area contributed by atoms with Gasteiger partial charge in [0.1, 0.15) is 5.69 Å². The lowest BCUT2D eigenvalue weighted by Gasteiger charge is -2.32. The van der Waals surface area contributed by atoms with E-state index in [9.17, 15) is 4.79 Å². The first-order valence-corrected chi connectivity index (χ1v) is 10.1. The van der Waals surface area contributed by atoms with Gasteiger partial charge in [0.2, 0.25) is 5.91 Å². The molecule has 2 aliphatic rings. The zero-order chi connectivity index (χ0) is 18.9. The minimum absolute atomic E-state index is 0.307. The van der Waals surface area contributed by atoms with E-state index in [2.05, 4.69) is 20.3 Å². The zero-order valence-corrected chi connectivity index (χ0v) is 15.8. The topological polar surface area (TPSA) is 68.8 Å². The monoisotopic (exact) mass is 376 g/mol. The van der Waals surface area contributed by atoms with Crippen LogP contribution in [-0.2, 0) is 11.3 Å². The van der Waals surface area contributed by atoms with Gasteiger partial charge in [0.05, 0.1) is 11.9 Å². The average molecular weight is 376 g/mol. The molecule has 0 unspecified atom stereocenters. The summed E-state index contributed by atoms with van der Waals surface area (Å²) in [7, 11) is 0. The van der Waals surface area contributed by atoms with Crippen LogP contribution in [0.3, 0.4) is 0 Å². The number of benzene rings is 1. The van der Waals surface area contributed by atoms with Crippen LogP contribution in [0.15, 0.2) is 48.9 Å². The van der Waals surface area contributed by atoms with E-state index < -0.39 is 0 Å². The van der Waals surface area contributed by atoms with Gasteiger partial charge in [-0.1, -0.05) is 17.3 Å². The number of amides is 1. The Morgan fingerprint density at radius 2 is 2.00 bits per heavy atom. The molecular formula is C21H24N6O. The maximum absolute atomic E-state index is 12.3. The van der Waals surface area contributed by atoms with Gasteiger partial charge in [-0.25, -0.2) is 4.68 Å². The number of carbonyl (C=O) groups is 1. The highest BCUT2D eigenvalue weighted by molar-refractivity contribution is 5.81. The Morgan fingerprint density at radius 3 is 2.75 bits per heavy atom. The van der Waals surface area contributed by atoms with Gasteiger partial charge >= 0.3 is 0 Å². The van der Waals surface area contributed by atoms with E-state index in [0.29, 0.717) is 17.7 Å². The smallest absolute Gasteiger partial charge is 0.225 e. The minimum Gasteiger partial charge on any atom is -0.342 e. The molecule has 144 valence electrons. The van der Waals surface area contributed by atoms with Crippen molar-refractivity contribution >= 4 is 5.91 Å². The van der Waals surface area contributed by atoms with E-state index in [1.54, 1.807) is 6.20 Å². The van der Waals surface area contributed by atoms with Crippen molar-refractivity contribution in [2.24, 2.45) is 11.8 Å². The minimum atomic E-state index is 0.307. The molecule has 1 amide bonds. The number of rotatable bonds is 5. The second kappa shape index (κ2) is 7.22. The predicted molar refractivity (Wildman–Crippen MR) is 105 cm³/mol. The van der Waals surface area contributed by atoms with Crippen molar-refractivity contribution in [2.45, 2.75) is 32.2 Å². The molecule has 5 rings (SSSR count). The maximum Gasteiger partial charge on any atom is 0.225 e. The molecule has 0 spiro atoms. The van der Waals surface area contributed by atoms with Crippen LogP contribution >= 0.6 is 0 Å².